The van der Waals surface area contributed by atoms with Gasteiger partial charge in [0.25, 0.3) is 0 Å². The highest BCUT2D eigenvalue weighted by Gasteiger charge is 2.53. The number of fused-ring (bicyclic) bond motifs is 1. The summed E-state index contributed by atoms with van der Waals surface area (Å²) in [6, 6.07) is 0.0890. The van der Waals surface area contributed by atoms with E-state index in [2.05, 4.69) is 4.72 Å². The average molecular weight is 322 g/mol. The molecule has 3 N–H and O–H groups in total. The SMILES string of the molecule is NC1C2CCOC2C1NS(=O)(=O)c1ccc(F)c(F)c1F. The fraction of sp³-hybridized carbons (Fsp3) is 0.500. The van der Waals surface area contributed by atoms with E-state index in [-0.39, 0.29) is 12.0 Å². The summed E-state index contributed by atoms with van der Waals surface area (Å²) in [6.07, 6.45) is 0.381. The number of benzene rings is 1. The Balaban J connectivity index is 1.87. The summed E-state index contributed by atoms with van der Waals surface area (Å²) in [4.78, 5) is -0.949. The molecule has 1 heterocycles. The van der Waals surface area contributed by atoms with Gasteiger partial charge in [0.1, 0.15) is 4.90 Å². The van der Waals surface area contributed by atoms with Gasteiger partial charge in [-0.15, -0.1) is 0 Å². The van der Waals surface area contributed by atoms with Crippen LogP contribution in [0.5, 0.6) is 0 Å². The minimum Gasteiger partial charge on any atom is -0.376 e. The molecule has 0 radical (unpaired) electrons. The van der Waals surface area contributed by atoms with E-state index in [1.54, 1.807) is 0 Å². The summed E-state index contributed by atoms with van der Waals surface area (Å²) in [5, 5.41) is 0. The standard InChI is InChI=1S/C12H13F3N2O3S/c13-6-1-2-7(9(15)8(6)14)21(18,19)17-11-10(16)5-3-4-20-12(5)11/h1-2,5,10-12,17H,3-4,16H2. The third-order valence-electron chi connectivity index (χ3n) is 4.03. The predicted molar refractivity (Wildman–Crippen MR) is 66.2 cm³/mol. The van der Waals surface area contributed by atoms with E-state index in [0.29, 0.717) is 18.7 Å². The van der Waals surface area contributed by atoms with Crippen LogP contribution in [-0.4, -0.2) is 33.2 Å². The van der Waals surface area contributed by atoms with Crippen molar-refractivity contribution in [3.63, 3.8) is 0 Å². The smallest absolute Gasteiger partial charge is 0.243 e. The molecule has 1 aromatic rings. The van der Waals surface area contributed by atoms with Crippen molar-refractivity contribution >= 4 is 10.0 Å². The Bertz CT molecular complexity index is 683. The number of rotatable bonds is 3. The van der Waals surface area contributed by atoms with Gasteiger partial charge in [-0.3, -0.25) is 0 Å². The van der Waals surface area contributed by atoms with Crippen LogP contribution in [0.1, 0.15) is 6.42 Å². The highest BCUT2D eigenvalue weighted by Crippen LogP contribution is 2.38. The highest BCUT2D eigenvalue weighted by molar-refractivity contribution is 7.89. The quantitative estimate of drug-likeness (QED) is 0.794. The molecular weight excluding hydrogens is 309 g/mol. The van der Waals surface area contributed by atoms with Crippen LogP contribution in [0, 0.1) is 23.4 Å². The number of nitrogens with two attached hydrogens (primary N) is 1. The second kappa shape index (κ2) is 4.94. The molecule has 4 atom stereocenters. The summed E-state index contributed by atoms with van der Waals surface area (Å²) in [5.41, 5.74) is 5.85. The molecule has 4 unspecified atom stereocenters. The number of sulfonamides is 1. The number of ether oxygens (including phenoxy) is 1. The van der Waals surface area contributed by atoms with Crippen molar-refractivity contribution in [2.45, 2.75) is 29.5 Å². The molecule has 2 aliphatic rings. The molecule has 116 valence electrons. The fourth-order valence-electron chi connectivity index (χ4n) is 2.85. The highest BCUT2D eigenvalue weighted by atomic mass is 32.2. The molecule has 1 aromatic carbocycles. The molecule has 2 fully saturated rings. The minimum atomic E-state index is -4.35. The van der Waals surface area contributed by atoms with Crippen LogP contribution in [0.3, 0.4) is 0 Å². The molecule has 0 spiro atoms. The van der Waals surface area contributed by atoms with Crippen molar-refractivity contribution in [3.05, 3.63) is 29.6 Å². The van der Waals surface area contributed by atoms with Crippen molar-refractivity contribution in [2.24, 2.45) is 11.7 Å². The van der Waals surface area contributed by atoms with Crippen molar-refractivity contribution in [1.29, 1.82) is 0 Å². The van der Waals surface area contributed by atoms with Gasteiger partial charge in [0.2, 0.25) is 10.0 Å². The summed E-state index contributed by atoms with van der Waals surface area (Å²) in [6.45, 7) is 0.487. The lowest BCUT2D eigenvalue weighted by molar-refractivity contribution is -0.00926. The second-order valence-corrected chi connectivity index (χ2v) is 6.87. The van der Waals surface area contributed by atoms with Gasteiger partial charge >= 0.3 is 0 Å². The molecule has 0 bridgehead atoms. The van der Waals surface area contributed by atoms with Crippen molar-refractivity contribution in [2.75, 3.05) is 6.61 Å². The summed E-state index contributed by atoms with van der Waals surface area (Å²) in [5.74, 6) is -4.97. The van der Waals surface area contributed by atoms with Gasteiger partial charge in [-0.05, 0) is 18.6 Å². The minimum absolute atomic E-state index is 0.0625. The van der Waals surface area contributed by atoms with Crippen LogP contribution in [0.2, 0.25) is 0 Å². The van der Waals surface area contributed by atoms with Gasteiger partial charge in [0.15, 0.2) is 17.5 Å². The van der Waals surface area contributed by atoms with Crippen LogP contribution in [0.4, 0.5) is 13.2 Å². The van der Waals surface area contributed by atoms with E-state index >= 15 is 0 Å². The zero-order chi connectivity index (χ0) is 15.4. The zero-order valence-corrected chi connectivity index (χ0v) is 11.5. The predicted octanol–water partition coefficient (Wildman–Crippen LogP) is 0.497. The van der Waals surface area contributed by atoms with E-state index in [9.17, 15) is 21.6 Å². The van der Waals surface area contributed by atoms with Gasteiger partial charge in [-0.1, -0.05) is 0 Å². The Kier molecular flexibility index (Phi) is 3.47. The molecule has 21 heavy (non-hydrogen) atoms. The fourth-order valence-corrected chi connectivity index (χ4v) is 4.20. The van der Waals surface area contributed by atoms with Crippen molar-refractivity contribution in [1.82, 2.24) is 4.72 Å². The van der Waals surface area contributed by atoms with Gasteiger partial charge in [0.05, 0.1) is 12.1 Å². The molecule has 9 heteroatoms. The lowest BCUT2D eigenvalue weighted by atomic mass is 9.73. The van der Waals surface area contributed by atoms with Crippen LogP contribution >= 0.6 is 0 Å². The number of hydrogen-bond donors (Lipinski definition) is 2. The number of hydrogen-bond acceptors (Lipinski definition) is 4. The van der Waals surface area contributed by atoms with Gasteiger partial charge in [-0.2, -0.15) is 0 Å². The summed E-state index contributed by atoms with van der Waals surface area (Å²) >= 11 is 0. The molecule has 1 aliphatic carbocycles. The Morgan fingerprint density at radius 1 is 1.24 bits per heavy atom. The molecule has 0 aromatic heterocycles. The third kappa shape index (κ3) is 2.24. The first-order valence-corrected chi connectivity index (χ1v) is 7.84. The first kappa shape index (κ1) is 14.8. The first-order valence-electron chi connectivity index (χ1n) is 6.36. The van der Waals surface area contributed by atoms with E-state index in [1.165, 1.54) is 0 Å². The Labute approximate surface area is 119 Å². The molecule has 1 saturated carbocycles. The maximum absolute atomic E-state index is 13.6. The maximum Gasteiger partial charge on any atom is 0.243 e. The normalized spacial score (nSPS) is 31.8. The van der Waals surface area contributed by atoms with Crippen LogP contribution in [0.25, 0.3) is 0 Å². The number of halogens is 3. The molecule has 0 amide bonds. The topological polar surface area (TPSA) is 81.4 Å². The van der Waals surface area contributed by atoms with Crippen molar-refractivity contribution in [3.8, 4) is 0 Å². The average Bonchev–Trinajstić information content (AvgIpc) is 2.87. The Morgan fingerprint density at radius 3 is 2.67 bits per heavy atom. The van der Waals surface area contributed by atoms with E-state index in [1.807, 2.05) is 0 Å². The largest absolute Gasteiger partial charge is 0.376 e. The van der Waals surface area contributed by atoms with E-state index in [4.69, 9.17) is 10.5 Å². The third-order valence-corrected chi connectivity index (χ3v) is 5.50. The van der Waals surface area contributed by atoms with Crippen LogP contribution < -0.4 is 10.5 Å². The summed E-state index contributed by atoms with van der Waals surface area (Å²) in [7, 11) is -4.35. The molecule has 3 rings (SSSR count). The van der Waals surface area contributed by atoms with Crippen LogP contribution in [-0.2, 0) is 14.8 Å². The van der Waals surface area contributed by atoms with Gasteiger partial charge in [-0.25, -0.2) is 26.3 Å². The summed E-state index contributed by atoms with van der Waals surface area (Å²) < 4.78 is 71.4. The van der Waals surface area contributed by atoms with Gasteiger partial charge < -0.3 is 10.5 Å². The molecular formula is C12H13F3N2O3S. The Morgan fingerprint density at radius 2 is 1.95 bits per heavy atom. The van der Waals surface area contributed by atoms with Crippen molar-refractivity contribution < 1.29 is 26.3 Å². The molecule has 5 nitrogen and oxygen atoms in total. The maximum atomic E-state index is 13.6. The number of nitrogens with one attached hydrogen (secondary N) is 1. The molecule has 1 saturated heterocycles. The van der Waals surface area contributed by atoms with Gasteiger partial charge in [0, 0.05) is 18.6 Å². The zero-order valence-electron chi connectivity index (χ0n) is 10.7. The van der Waals surface area contributed by atoms with E-state index in [0.717, 1.165) is 6.42 Å². The molecule has 1 aliphatic heterocycles. The van der Waals surface area contributed by atoms with E-state index < -0.39 is 44.5 Å². The monoisotopic (exact) mass is 322 g/mol. The first-order chi connectivity index (χ1) is 9.83. The Hall–Kier alpha value is -1.16. The second-order valence-electron chi connectivity index (χ2n) is 5.19. The lowest BCUT2D eigenvalue weighted by Crippen LogP contribution is -2.68. The van der Waals surface area contributed by atoms with Crippen LogP contribution in [0.15, 0.2) is 17.0 Å². The lowest BCUT2D eigenvalue weighted by Gasteiger charge is -2.45.